The van der Waals surface area contributed by atoms with Crippen LogP contribution >= 0.6 is 11.6 Å². The van der Waals surface area contributed by atoms with E-state index >= 15 is 0 Å². The molecule has 3 heteroatoms. The molecular weight excluding hydrogens is 282 g/mol. The van der Waals surface area contributed by atoms with E-state index in [1.807, 2.05) is 48.5 Å². The second-order valence-corrected chi connectivity index (χ2v) is 5.87. The molecule has 0 bridgehead atoms. The Kier molecular flexibility index (Phi) is 4.37. The third kappa shape index (κ3) is 3.34. The van der Waals surface area contributed by atoms with Crippen LogP contribution in [0.3, 0.4) is 0 Å². The van der Waals surface area contributed by atoms with E-state index in [2.05, 4.69) is 4.90 Å². The Bertz CT molecular complexity index is 633. The van der Waals surface area contributed by atoms with Crippen molar-refractivity contribution in [2.24, 2.45) is 0 Å². The first-order valence-electron chi connectivity index (χ1n) is 7.34. The molecular formula is C18H18ClNO. The van der Waals surface area contributed by atoms with Crippen LogP contribution in [0.25, 0.3) is 11.1 Å². The minimum atomic E-state index is 0.111. The van der Waals surface area contributed by atoms with Gasteiger partial charge in [-0.3, -0.25) is 9.69 Å². The van der Waals surface area contributed by atoms with Crippen molar-refractivity contribution in [3.8, 4) is 11.1 Å². The van der Waals surface area contributed by atoms with E-state index in [4.69, 9.17) is 11.6 Å². The first-order valence-corrected chi connectivity index (χ1v) is 7.72. The average Bonchev–Trinajstić information content (AvgIpc) is 3.01. The second kappa shape index (κ2) is 6.42. The van der Waals surface area contributed by atoms with Gasteiger partial charge in [-0.05, 0) is 49.2 Å². The lowest BCUT2D eigenvalue weighted by Gasteiger charge is -2.14. The summed E-state index contributed by atoms with van der Waals surface area (Å²) in [5, 5.41) is 0.541. The topological polar surface area (TPSA) is 20.3 Å². The average molecular weight is 300 g/mol. The number of nitrogens with zero attached hydrogens (tertiary/aromatic N) is 1. The molecule has 21 heavy (non-hydrogen) atoms. The molecule has 1 saturated heterocycles. The SMILES string of the molecule is O=C(CN1CCCC1)c1cc(-c2ccccc2)ccc1Cl. The van der Waals surface area contributed by atoms with Crippen LogP contribution in [0.5, 0.6) is 0 Å². The monoisotopic (exact) mass is 299 g/mol. The van der Waals surface area contributed by atoms with Crippen LogP contribution in [0.1, 0.15) is 23.2 Å². The van der Waals surface area contributed by atoms with Gasteiger partial charge < -0.3 is 0 Å². The first-order chi connectivity index (χ1) is 10.2. The summed E-state index contributed by atoms with van der Waals surface area (Å²) in [7, 11) is 0. The molecule has 0 saturated carbocycles. The summed E-state index contributed by atoms with van der Waals surface area (Å²) in [4.78, 5) is 14.7. The van der Waals surface area contributed by atoms with E-state index in [0.29, 0.717) is 17.1 Å². The maximum atomic E-state index is 12.5. The number of ketones is 1. The Balaban J connectivity index is 1.85. The standard InChI is InChI=1S/C18H18ClNO/c19-17-9-8-15(14-6-2-1-3-7-14)12-16(17)18(21)13-20-10-4-5-11-20/h1-3,6-9,12H,4-5,10-11,13H2. The van der Waals surface area contributed by atoms with E-state index in [1.165, 1.54) is 12.8 Å². The molecule has 2 aromatic rings. The lowest BCUT2D eigenvalue weighted by Crippen LogP contribution is -2.27. The molecule has 1 aliphatic rings. The maximum absolute atomic E-state index is 12.5. The smallest absolute Gasteiger partial charge is 0.178 e. The summed E-state index contributed by atoms with van der Waals surface area (Å²) >= 11 is 6.22. The van der Waals surface area contributed by atoms with Crippen molar-refractivity contribution in [3.63, 3.8) is 0 Å². The van der Waals surface area contributed by atoms with Gasteiger partial charge >= 0.3 is 0 Å². The molecule has 3 rings (SSSR count). The van der Waals surface area contributed by atoms with Gasteiger partial charge in [-0.2, -0.15) is 0 Å². The van der Waals surface area contributed by atoms with E-state index in [0.717, 1.165) is 24.2 Å². The third-order valence-corrected chi connectivity index (χ3v) is 4.27. The highest BCUT2D eigenvalue weighted by atomic mass is 35.5. The number of halogens is 1. The second-order valence-electron chi connectivity index (χ2n) is 5.47. The molecule has 0 atom stereocenters. The number of rotatable bonds is 4. The predicted molar refractivity (Wildman–Crippen MR) is 86.9 cm³/mol. The Labute approximate surface area is 130 Å². The van der Waals surface area contributed by atoms with Gasteiger partial charge in [0, 0.05) is 5.56 Å². The summed E-state index contributed by atoms with van der Waals surface area (Å²) in [6.07, 6.45) is 2.37. The molecule has 1 heterocycles. The molecule has 2 nitrogen and oxygen atoms in total. The van der Waals surface area contributed by atoms with Crippen molar-refractivity contribution in [2.75, 3.05) is 19.6 Å². The highest BCUT2D eigenvalue weighted by Gasteiger charge is 2.18. The minimum Gasteiger partial charge on any atom is -0.296 e. The molecule has 2 aromatic carbocycles. The van der Waals surface area contributed by atoms with Crippen LogP contribution < -0.4 is 0 Å². The zero-order valence-electron chi connectivity index (χ0n) is 11.9. The zero-order valence-corrected chi connectivity index (χ0v) is 12.6. The van der Waals surface area contributed by atoms with Crippen LogP contribution in [0.2, 0.25) is 5.02 Å². The molecule has 0 spiro atoms. The zero-order chi connectivity index (χ0) is 14.7. The van der Waals surface area contributed by atoms with Crippen LogP contribution in [0.4, 0.5) is 0 Å². The van der Waals surface area contributed by atoms with Crippen LogP contribution in [-0.2, 0) is 0 Å². The van der Waals surface area contributed by atoms with Crippen molar-refractivity contribution in [2.45, 2.75) is 12.8 Å². The van der Waals surface area contributed by atoms with Gasteiger partial charge in [-0.15, -0.1) is 0 Å². The number of hydrogen-bond acceptors (Lipinski definition) is 2. The Morgan fingerprint density at radius 1 is 1.00 bits per heavy atom. The number of carbonyl (C=O) groups excluding carboxylic acids is 1. The maximum Gasteiger partial charge on any atom is 0.178 e. The molecule has 0 aliphatic carbocycles. The van der Waals surface area contributed by atoms with E-state index in [9.17, 15) is 4.79 Å². The summed E-state index contributed by atoms with van der Waals surface area (Å²) < 4.78 is 0. The first kappa shape index (κ1) is 14.3. The van der Waals surface area contributed by atoms with Gasteiger partial charge in [0.15, 0.2) is 5.78 Å². The van der Waals surface area contributed by atoms with Crippen molar-refractivity contribution in [1.29, 1.82) is 0 Å². The molecule has 0 unspecified atom stereocenters. The van der Waals surface area contributed by atoms with E-state index in [-0.39, 0.29) is 5.78 Å². The molecule has 0 aromatic heterocycles. The highest BCUT2D eigenvalue weighted by molar-refractivity contribution is 6.34. The summed E-state index contributed by atoms with van der Waals surface area (Å²) in [5.74, 6) is 0.111. The number of Topliss-reactive ketones (excluding diaryl/α,β-unsaturated/α-hetero) is 1. The highest BCUT2D eigenvalue weighted by Crippen LogP contribution is 2.26. The molecule has 108 valence electrons. The largest absolute Gasteiger partial charge is 0.296 e. The van der Waals surface area contributed by atoms with Crippen molar-refractivity contribution < 1.29 is 4.79 Å². The fraction of sp³-hybridized carbons (Fsp3) is 0.278. The van der Waals surface area contributed by atoms with Crippen molar-refractivity contribution in [3.05, 3.63) is 59.1 Å². The Morgan fingerprint density at radius 2 is 1.71 bits per heavy atom. The fourth-order valence-electron chi connectivity index (χ4n) is 2.78. The van der Waals surface area contributed by atoms with Crippen molar-refractivity contribution >= 4 is 17.4 Å². The molecule has 0 N–H and O–H groups in total. The summed E-state index contributed by atoms with van der Waals surface area (Å²) in [6.45, 7) is 2.50. The van der Waals surface area contributed by atoms with Gasteiger partial charge in [-0.25, -0.2) is 0 Å². The molecule has 1 fully saturated rings. The van der Waals surface area contributed by atoms with Crippen LogP contribution in [0, 0.1) is 0 Å². The molecule has 0 radical (unpaired) electrons. The van der Waals surface area contributed by atoms with Gasteiger partial charge in [0.25, 0.3) is 0 Å². The van der Waals surface area contributed by atoms with Crippen LogP contribution in [0.15, 0.2) is 48.5 Å². The lowest BCUT2D eigenvalue weighted by atomic mass is 10.0. The summed E-state index contributed by atoms with van der Waals surface area (Å²) in [5.41, 5.74) is 2.76. The van der Waals surface area contributed by atoms with Crippen molar-refractivity contribution in [1.82, 2.24) is 4.90 Å². The normalized spacial score (nSPS) is 15.3. The lowest BCUT2D eigenvalue weighted by molar-refractivity contribution is 0.0945. The Morgan fingerprint density at radius 3 is 2.43 bits per heavy atom. The number of benzene rings is 2. The molecule has 1 aliphatic heterocycles. The quantitative estimate of drug-likeness (QED) is 0.785. The van der Waals surface area contributed by atoms with E-state index < -0.39 is 0 Å². The van der Waals surface area contributed by atoms with Crippen LogP contribution in [-0.4, -0.2) is 30.3 Å². The van der Waals surface area contributed by atoms with Gasteiger partial charge in [-0.1, -0.05) is 48.0 Å². The van der Waals surface area contributed by atoms with Gasteiger partial charge in [0.1, 0.15) is 0 Å². The third-order valence-electron chi connectivity index (χ3n) is 3.94. The van der Waals surface area contributed by atoms with Gasteiger partial charge in [0.05, 0.1) is 11.6 Å². The Hall–Kier alpha value is -1.64. The number of hydrogen-bond donors (Lipinski definition) is 0. The van der Waals surface area contributed by atoms with Gasteiger partial charge in [0.2, 0.25) is 0 Å². The predicted octanol–water partition coefficient (Wildman–Crippen LogP) is 4.29. The minimum absolute atomic E-state index is 0.111. The fourth-order valence-corrected chi connectivity index (χ4v) is 3.00. The van der Waals surface area contributed by atoms with E-state index in [1.54, 1.807) is 0 Å². The number of likely N-dealkylation sites (tertiary alicyclic amines) is 1. The molecule has 0 amide bonds. The summed E-state index contributed by atoms with van der Waals surface area (Å²) in [6, 6.07) is 15.8. The number of carbonyl (C=O) groups is 1.